The van der Waals surface area contributed by atoms with Crippen LogP contribution in [0.15, 0.2) is 18.2 Å². The lowest BCUT2D eigenvalue weighted by Gasteiger charge is -2.34. The Hall–Kier alpha value is -1.24. The maximum atomic E-state index is 8.48. The number of piperazine rings is 1. The topological polar surface area (TPSA) is 34.2 Å². The van der Waals surface area contributed by atoms with Crippen molar-refractivity contribution in [2.45, 2.75) is 38.9 Å². The lowest BCUT2D eigenvalue weighted by molar-refractivity contribution is 0.00578. The van der Waals surface area contributed by atoms with Crippen LogP contribution in [0, 0.1) is 0 Å². The summed E-state index contributed by atoms with van der Waals surface area (Å²) < 4.78 is 107. The van der Waals surface area contributed by atoms with E-state index in [-0.39, 0.29) is 21.2 Å². The summed E-state index contributed by atoms with van der Waals surface area (Å²) in [7, 11) is 0.404. The summed E-state index contributed by atoms with van der Waals surface area (Å²) >= 11 is 0. The van der Waals surface area contributed by atoms with Crippen LogP contribution in [0.3, 0.4) is 0 Å². The van der Waals surface area contributed by atoms with Gasteiger partial charge in [0.25, 0.3) is 0 Å². The molecule has 2 fully saturated rings. The van der Waals surface area contributed by atoms with Gasteiger partial charge in [-0.25, -0.2) is 0 Å². The molecule has 5 nitrogen and oxygen atoms in total. The average Bonchev–Trinajstić information content (AvgIpc) is 2.86. The summed E-state index contributed by atoms with van der Waals surface area (Å²) in [4.78, 5) is -0.107. The van der Waals surface area contributed by atoms with Crippen molar-refractivity contribution in [1.82, 2.24) is 4.90 Å². The van der Waals surface area contributed by atoms with Crippen LogP contribution < -0.4 is 15.1 Å². The highest BCUT2D eigenvalue weighted by Gasteiger charge is 2.51. The zero-order valence-electron chi connectivity index (χ0n) is 25.4. The van der Waals surface area contributed by atoms with Crippen LogP contribution in [-0.4, -0.2) is 63.3 Å². The number of hydrogen-bond donors (Lipinski definition) is 0. The van der Waals surface area contributed by atoms with E-state index in [0.29, 0.717) is 5.46 Å². The molecule has 0 radical (unpaired) electrons. The van der Waals surface area contributed by atoms with Gasteiger partial charge < -0.3 is 23.8 Å². The van der Waals surface area contributed by atoms with Gasteiger partial charge in [-0.15, -0.1) is 0 Å². The van der Waals surface area contributed by atoms with Gasteiger partial charge in [0.15, 0.2) is 0 Å². The van der Waals surface area contributed by atoms with Gasteiger partial charge in [-0.2, -0.15) is 0 Å². The van der Waals surface area contributed by atoms with Crippen LogP contribution in [0.5, 0.6) is 5.75 Å². The molecule has 2 aliphatic heterocycles. The lowest BCUT2D eigenvalue weighted by atomic mass is 9.79. The SMILES string of the molecule is [2H]C([2H])([2H])N1C([2H])([2H])C([2H])([2H])N(c2ccc(B3OC(C)(C)C(C)(C)O3)cc2OC)C([2H])([2H])C1([2H])[2H]. The highest BCUT2D eigenvalue weighted by atomic mass is 16.7. The summed E-state index contributed by atoms with van der Waals surface area (Å²) in [6, 6.07) is 4.10. The third kappa shape index (κ3) is 3.15. The number of ether oxygens (including phenoxy) is 1. The second-order valence-corrected chi connectivity index (χ2v) is 6.64. The fraction of sp³-hybridized carbons (Fsp3) is 0.667. The molecule has 0 bridgehead atoms. The van der Waals surface area contributed by atoms with E-state index in [1.807, 2.05) is 27.7 Å². The average molecular weight is 343 g/mol. The van der Waals surface area contributed by atoms with Gasteiger partial charge in [-0.3, -0.25) is 0 Å². The number of anilines is 1. The molecule has 0 aromatic heterocycles. The maximum Gasteiger partial charge on any atom is 0.494 e. The maximum absolute atomic E-state index is 8.48. The van der Waals surface area contributed by atoms with Gasteiger partial charge in [0.1, 0.15) is 5.75 Å². The molecule has 132 valence electrons. The predicted molar refractivity (Wildman–Crippen MR) is 98.4 cm³/mol. The first-order chi connectivity index (χ1) is 15.5. The molecule has 1 aromatic carbocycles. The molecule has 2 aliphatic rings. The second-order valence-electron chi connectivity index (χ2n) is 6.64. The van der Waals surface area contributed by atoms with Crippen molar-refractivity contribution in [3.8, 4) is 5.75 Å². The summed E-state index contributed by atoms with van der Waals surface area (Å²) in [5.41, 5.74) is -1.18. The third-order valence-corrected chi connectivity index (χ3v) is 4.52. The van der Waals surface area contributed by atoms with Crippen molar-refractivity contribution in [2.24, 2.45) is 0 Å². The monoisotopic (exact) mass is 343 g/mol. The van der Waals surface area contributed by atoms with Crippen molar-refractivity contribution < 1.29 is 29.1 Å². The molecule has 0 unspecified atom stereocenters. The molecule has 0 aliphatic carbocycles. The van der Waals surface area contributed by atoms with Gasteiger partial charge in [0.05, 0.1) is 29.5 Å². The Balaban J connectivity index is 2.17. The number of benzene rings is 1. The molecule has 0 N–H and O–H groups in total. The molecule has 2 heterocycles. The fourth-order valence-electron chi connectivity index (χ4n) is 2.38. The quantitative estimate of drug-likeness (QED) is 0.781. The summed E-state index contributed by atoms with van der Waals surface area (Å²) in [5.74, 6) is -0.112. The predicted octanol–water partition coefficient (Wildman–Crippen LogP) is 1.75. The number of hydrogen-bond acceptors (Lipinski definition) is 5. The van der Waals surface area contributed by atoms with Crippen molar-refractivity contribution >= 4 is 18.3 Å². The van der Waals surface area contributed by atoms with Crippen LogP contribution in [-0.2, 0) is 9.31 Å². The molecule has 0 saturated carbocycles. The molecule has 0 amide bonds. The molecule has 24 heavy (non-hydrogen) atoms. The Morgan fingerprint density at radius 3 is 2.29 bits per heavy atom. The molecule has 6 heteroatoms. The largest absolute Gasteiger partial charge is 0.495 e. The second kappa shape index (κ2) is 6.25. The van der Waals surface area contributed by atoms with E-state index in [1.165, 1.54) is 25.3 Å². The summed E-state index contributed by atoms with van der Waals surface area (Å²) in [6.07, 6.45) is 0. The van der Waals surface area contributed by atoms with E-state index in [2.05, 4.69) is 0 Å². The van der Waals surface area contributed by atoms with E-state index in [0.717, 1.165) is 0 Å². The van der Waals surface area contributed by atoms with Gasteiger partial charge >= 0.3 is 7.12 Å². The Labute approximate surface area is 161 Å². The van der Waals surface area contributed by atoms with E-state index in [1.54, 1.807) is 0 Å². The first kappa shape index (κ1) is 8.43. The Morgan fingerprint density at radius 2 is 1.75 bits per heavy atom. The normalized spacial score (nSPS) is 39.3. The molecular weight excluding hydrogens is 303 g/mol. The number of rotatable bonds is 3. The standard InChI is InChI=1S/C18H29BN2O3/c1-17(2)18(3,4)24-19(23-17)14-7-8-15(16(13-14)22-6)21-11-9-20(5)10-12-21/h7-8,13H,9-12H2,1-6H3/i5D3,9D2,10D2,11D2,12D2. The van der Waals surface area contributed by atoms with E-state index in [9.17, 15) is 0 Å². The van der Waals surface area contributed by atoms with Crippen LogP contribution in [0.4, 0.5) is 5.69 Å². The Kier molecular flexibility index (Phi) is 2.19. The summed E-state index contributed by atoms with van der Waals surface area (Å²) in [6.45, 7) is -9.72. The van der Waals surface area contributed by atoms with Gasteiger partial charge in [0, 0.05) is 35.6 Å². The molecule has 3 rings (SSSR count). The van der Waals surface area contributed by atoms with Gasteiger partial charge in [0.2, 0.25) is 0 Å². The van der Waals surface area contributed by atoms with E-state index >= 15 is 0 Å². The van der Waals surface area contributed by atoms with Gasteiger partial charge in [-0.05, 0) is 52.3 Å². The van der Waals surface area contributed by atoms with Crippen LogP contribution in [0.1, 0.15) is 42.8 Å². The smallest absolute Gasteiger partial charge is 0.494 e. The Morgan fingerprint density at radius 1 is 1.12 bits per heavy atom. The lowest BCUT2D eigenvalue weighted by Crippen LogP contribution is -2.44. The van der Waals surface area contributed by atoms with Crippen LogP contribution in [0.2, 0.25) is 0 Å². The third-order valence-electron chi connectivity index (χ3n) is 4.52. The number of methoxy groups -OCH3 is 1. The zero-order chi connectivity index (χ0) is 27.2. The highest BCUT2D eigenvalue weighted by Crippen LogP contribution is 2.37. The highest BCUT2D eigenvalue weighted by molar-refractivity contribution is 6.62. The van der Waals surface area contributed by atoms with Crippen molar-refractivity contribution in [3.05, 3.63) is 18.2 Å². The zero-order valence-corrected chi connectivity index (χ0v) is 14.4. The number of nitrogens with zero attached hydrogens (tertiary/aromatic N) is 2. The summed E-state index contributed by atoms with van der Waals surface area (Å²) in [5, 5.41) is 0. The van der Waals surface area contributed by atoms with Crippen molar-refractivity contribution in [2.75, 3.05) is 45.0 Å². The van der Waals surface area contributed by atoms with E-state index in [4.69, 9.17) is 29.1 Å². The first-order valence-corrected chi connectivity index (χ1v) is 7.61. The minimum atomic E-state index is -3.48. The fourth-order valence-corrected chi connectivity index (χ4v) is 2.38. The molecule has 0 spiro atoms. The van der Waals surface area contributed by atoms with Gasteiger partial charge in [-0.1, -0.05) is 6.07 Å². The molecule has 2 saturated heterocycles. The molecule has 1 aromatic rings. The van der Waals surface area contributed by atoms with Crippen LogP contribution in [0.25, 0.3) is 0 Å². The van der Waals surface area contributed by atoms with Crippen molar-refractivity contribution in [3.63, 3.8) is 0 Å². The van der Waals surface area contributed by atoms with Crippen LogP contribution >= 0.6 is 0 Å². The molecule has 0 atom stereocenters. The minimum absolute atomic E-state index is 0.112. The Bertz CT molecular complexity index is 956. The van der Waals surface area contributed by atoms with E-state index < -0.39 is 51.3 Å². The number of likely N-dealkylation sites (N-methyl/N-ethyl adjacent to an activating group) is 1. The first-order valence-electron chi connectivity index (χ1n) is 13.1. The van der Waals surface area contributed by atoms with Crippen molar-refractivity contribution in [1.29, 1.82) is 0 Å². The molecular formula is C18H29BN2O3. The minimum Gasteiger partial charge on any atom is -0.495 e.